The third kappa shape index (κ3) is 6.09. The summed E-state index contributed by atoms with van der Waals surface area (Å²) in [7, 11) is 0. The number of halogens is 1. The fourth-order valence-electron chi connectivity index (χ4n) is 2.51. The van der Waals surface area contributed by atoms with Crippen molar-refractivity contribution >= 4 is 56.4 Å². The van der Waals surface area contributed by atoms with Gasteiger partial charge in [0.1, 0.15) is 10.6 Å². The van der Waals surface area contributed by atoms with Crippen LogP contribution in [0.1, 0.15) is 27.7 Å². The van der Waals surface area contributed by atoms with Crippen LogP contribution in [-0.2, 0) is 9.59 Å². The summed E-state index contributed by atoms with van der Waals surface area (Å²) in [4.78, 5) is 36.6. The van der Waals surface area contributed by atoms with Gasteiger partial charge in [-0.25, -0.2) is 10.2 Å². The Labute approximate surface area is 191 Å². The predicted molar refractivity (Wildman–Crippen MR) is 124 cm³/mol. The van der Waals surface area contributed by atoms with E-state index in [1.807, 2.05) is 13.0 Å². The number of hydrogen-bond donors (Lipinski definition) is 2. The summed E-state index contributed by atoms with van der Waals surface area (Å²) >= 11 is 4.65. The Morgan fingerprint density at radius 3 is 2.42 bits per heavy atom. The monoisotopic (exact) mass is 499 g/mol. The summed E-state index contributed by atoms with van der Waals surface area (Å²) in [6.07, 6.45) is 0. The molecule has 0 saturated carbocycles. The minimum absolute atomic E-state index is 0.392. The molecule has 0 radical (unpaired) electrons. The van der Waals surface area contributed by atoms with Crippen LogP contribution in [0.4, 0.5) is 5.69 Å². The van der Waals surface area contributed by atoms with Gasteiger partial charge < -0.3 is 10.1 Å². The van der Waals surface area contributed by atoms with Crippen molar-refractivity contribution < 1.29 is 19.1 Å². The average molecular weight is 500 g/mol. The van der Waals surface area contributed by atoms with E-state index in [1.54, 1.807) is 60.8 Å². The molecule has 2 aromatic carbocycles. The Balaban J connectivity index is 1.57. The third-order valence-corrected chi connectivity index (χ3v) is 5.52. The zero-order valence-electron chi connectivity index (χ0n) is 16.6. The summed E-state index contributed by atoms with van der Waals surface area (Å²) in [5.41, 5.74) is 4.77. The molecule has 0 saturated heterocycles. The van der Waals surface area contributed by atoms with Gasteiger partial charge in [-0.05, 0) is 78.9 Å². The number of aryl methyl sites for hydroxylation is 1. The van der Waals surface area contributed by atoms with Crippen molar-refractivity contribution in [3.05, 3.63) is 80.5 Å². The molecule has 0 bridgehead atoms. The van der Waals surface area contributed by atoms with E-state index in [0.29, 0.717) is 27.6 Å². The van der Waals surface area contributed by atoms with Crippen molar-refractivity contribution in [3.63, 3.8) is 0 Å². The van der Waals surface area contributed by atoms with Crippen LogP contribution in [0.3, 0.4) is 0 Å². The van der Waals surface area contributed by atoms with Gasteiger partial charge in [-0.3, -0.25) is 9.59 Å². The third-order valence-electron chi connectivity index (χ3n) is 4.17. The first-order valence-electron chi connectivity index (χ1n) is 9.11. The molecule has 2 amide bonds. The molecule has 0 aliphatic rings. The Bertz CT molecular complexity index is 1140. The summed E-state index contributed by atoms with van der Waals surface area (Å²) in [6.45, 7) is 3.51. The van der Waals surface area contributed by atoms with Crippen LogP contribution < -0.4 is 15.5 Å². The van der Waals surface area contributed by atoms with Crippen molar-refractivity contribution in [3.8, 4) is 5.75 Å². The topological polar surface area (TPSA) is 96.9 Å². The van der Waals surface area contributed by atoms with Crippen molar-refractivity contribution in [1.82, 2.24) is 5.43 Å². The number of carbonyl (C=O) groups is 3. The van der Waals surface area contributed by atoms with Gasteiger partial charge in [0.2, 0.25) is 0 Å². The lowest BCUT2D eigenvalue weighted by Crippen LogP contribution is -2.33. The first kappa shape index (κ1) is 22.4. The van der Waals surface area contributed by atoms with Gasteiger partial charge >= 0.3 is 17.8 Å². The fraction of sp³-hybridized carbons (Fsp3) is 0.0909. The first-order valence-corrected chi connectivity index (χ1v) is 10.8. The van der Waals surface area contributed by atoms with Gasteiger partial charge in [-0.2, -0.15) is 5.10 Å². The minimum atomic E-state index is -0.886. The van der Waals surface area contributed by atoms with Crippen molar-refractivity contribution in [2.45, 2.75) is 13.8 Å². The number of esters is 1. The van der Waals surface area contributed by atoms with Gasteiger partial charge in [-0.1, -0.05) is 22.0 Å². The maximum absolute atomic E-state index is 12.1. The lowest BCUT2D eigenvalue weighted by Gasteiger charge is -2.08. The van der Waals surface area contributed by atoms with Gasteiger partial charge in [0.05, 0.1) is 5.71 Å². The number of nitrogens with zero attached hydrogens (tertiary/aromatic N) is 1. The second-order valence-electron chi connectivity index (χ2n) is 6.44. The van der Waals surface area contributed by atoms with Crippen LogP contribution in [0.2, 0.25) is 0 Å². The molecule has 3 rings (SSSR count). The number of carbonyl (C=O) groups excluding carboxylic acids is 3. The Morgan fingerprint density at radius 1 is 1.03 bits per heavy atom. The van der Waals surface area contributed by atoms with E-state index < -0.39 is 17.8 Å². The summed E-state index contributed by atoms with van der Waals surface area (Å²) < 4.78 is 6.18. The summed E-state index contributed by atoms with van der Waals surface area (Å²) in [5, 5.41) is 8.32. The van der Waals surface area contributed by atoms with Gasteiger partial charge in [0.15, 0.2) is 0 Å². The minimum Gasteiger partial charge on any atom is -0.422 e. The summed E-state index contributed by atoms with van der Waals surface area (Å²) in [6, 6.07) is 15.4. The van der Waals surface area contributed by atoms with Crippen molar-refractivity contribution in [2.75, 3.05) is 5.32 Å². The molecular formula is C22H18BrN3O4S. The second kappa shape index (κ2) is 10.1. The molecule has 0 aliphatic heterocycles. The second-order valence-corrected chi connectivity index (χ2v) is 8.31. The lowest BCUT2D eigenvalue weighted by atomic mass is 10.1. The normalized spacial score (nSPS) is 11.0. The van der Waals surface area contributed by atoms with E-state index in [0.717, 1.165) is 10.0 Å². The van der Waals surface area contributed by atoms with Crippen LogP contribution in [0.5, 0.6) is 5.75 Å². The molecule has 2 N–H and O–H groups in total. The molecule has 3 aromatic rings. The zero-order chi connectivity index (χ0) is 22.4. The van der Waals surface area contributed by atoms with Crippen LogP contribution in [0.15, 0.2) is 69.6 Å². The quantitative estimate of drug-likeness (QED) is 0.177. The number of amides is 2. The van der Waals surface area contributed by atoms with Crippen LogP contribution in [0.25, 0.3) is 0 Å². The van der Waals surface area contributed by atoms with Crippen LogP contribution >= 0.6 is 27.3 Å². The fourth-order valence-corrected chi connectivity index (χ4v) is 3.59. The molecule has 31 heavy (non-hydrogen) atoms. The Hall–Kier alpha value is -3.30. The predicted octanol–water partition coefficient (Wildman–Crippen LogP) is 4.52. The smallest absolute Gasteiger partial charge is 0.353 e. The highest BCUT2D eigenvalue weighted by Crippen LogP contribution is 2.20. The number of hydrogen-bond acceptors (Lipinski definition) is 6. The molecule has 0 unspecified atom stereocenters. The average Bonchev–Trinajstić information content (AvgIpc) is 3.29. The van der Waals surface area contributed by atoms with E-state index in [-0.39, 0.29) is 0 Å². The van der Waals surface area contributed by atoms with Crippen LogP contribution in [0, 0.1) is 6.92 Å². The van der Waals surface area contributed by atoms with E-state index >= 15 is 0 Å². The molecular weight excluding hydrogens is 482 g/mol. The van der Waals surface area contributed by atoms with E-state index in [2.05, 4.69) is 31.8 Å². The first-order chi connectivity index (χ1) is 14.8. The van der Waals surface area contributed by atoms with Gasteiger partial charge in [0, 0.05) is 10.2 Å². The standard InChI is InChI=1S/C22H18BrN3O4S/c1-13-12-16(23)7-10-18(13)24-20(27)21(28)26-25-14(2)15-5-8-17(9-6-15)30-22(29)19-4-3-11-31-19/h3-12H,1-2H3,(H,24,27)(H,26,28)/b25-14+. The SMILES string of the molecule is C/C(=N\NC(=O)C(=O)Nc1ccc(Br)cc1C)c1ccc(OC(=O)c2cccs2)cc1. The number of rotatable bonds is 5. The number of hydrazone groups is 1. The molecule has 1 heterocycles. The molecule has 0 atom stereocenters. The highest BCUT2D eigenvalue weighted by molar-refractivity contribution is 9.10. The van der Waals surface area contributed by atoms with Crippen LogP contribution in [-0.4, -0.2) is 23.5 Å². The number of benzene rings is 2. The van der Waals surface area contributed by atoms with Gasteiger partial charge in [0.25, 0.3) is 0 Å². The van der Waals surface area contributed by atoms with E-state index in [4.69, 9.17) is 4.74 Å². The zero-order valence-corrected chi connectivity index (χ0v) is 19.0. The van der Waals surface area contributed by atoms with E-state index in [1.165, 1.54) is 11.3 Å². The van der Waals surface area contributed by atoms with Crippen molar-refractivity contribution in [2.24, 2.45) is 5.10 Å². The number of ether oxygens (including phenoxy) is 1. The van der Waals surface area contributed by atoms with E-state index in [9.17, 15) is 14.4 Å². The number of nitrogens with one attached hydrogen (secondary N) is 2. The lowest BCUT2D eigenvalue weighted by molar-refractivity contribution is -0.136. The van der Waals surface area contributed by atoms with Gasteiger partial charge in [-0.15, -0.1) is 11.3 Å². The highest BCUT2D eigenvalue weighted by Gasteiger charge is 2.15. The molecule has 158 valence electrons. The molecule has 9 heteroatoms. The molecule has 0 aliphatic carbocycles. The highest BCUT2D eigenvalue weighted by atomic mass is 79.9. The Kier molecular flexibility index (Phi) is 7.32. The molecule has 7 nitrogen and oxygen atoms in total. The maximum atomic E-state index is 12.1. The molecule has 1 aromatic heterocycles. The largest absolute Gasteiger partial charge is 0.422 e. The Morgan fingerprint density at radius 2 is 1.77 bits per heavy atom. The number of anilines is 1. The maximum Gasteiger partial charge on any atom is 0.353 e. The number of thiophene rings is 1. The molecule has 0 fully saturated rings. The summed E-state index contributed by atoms with van der Waals surface area (Å²) in [5.74, 6) is -1.74. The molecule has 0 spiro atoms. The van der Waals surface area contributed by atoms with Crippen molar-refractivity contribution in [1.29, 1.82) is 0 Å².